The standard InChI is InChI=1S/C35H59ClN10O12/c36-30-32(38)44-31(37)25(43-30)34(58)45-35(40)42-11-2-1-4-18-5-7-19(8-6-18)9-10-20(33(39)57)41-12-3-13-46(14-21(49)26(53)28(55)23(51)16-47)15-22(50)27(54)29(56)24(52)17-48/h5-8,20-24,26-29,41,47-56H,1-4,9-17H2,(H2,39,57)(H4,37,38,44)(H3,40,42,45,58). The number of nitrogens with two attached hydrogens (primary N) is 3. The third-order valence-corrected chi connectivity index (χ3v) is 9.50. The highest BCUT2D eigenvalue weighted by Gasteiger charge is 2.34. The van der Waals surface area contributed by atoms with E-state index >= 15 is 0 Å². The number of aryl methyl sites for hydroxylation is 2. The number of carbonyl (C=O) groups is 2. The second-order valence-corrected chi connectivity index (χ2v) is 14.2. The molecule has 22 nitrogen and oxygen atoms in total. The molecule has 23 heteroatoms. The number of aromatic nitrogens is 2. The van der Waals surface area contributed by atoms with Crippen LogP contribution < -0.4 is 33.2 Å². The van der Waals surface area contributed by atoms with Gasteiger partial charge in [-0.05, 0) is 62.7 Å². The molecule has 1 aromatic heterocycles. The van der Waals surface area contributed by atoms with Gasteiger partial charge in [-0.15, -0.1) is 0 Å². The van der Waals surface area contributed by atoms with E-state index in [4.69, 9.17) is 44.4 Å². The first-order valence-corrected chi connectivity index (χ1v) is 19.0. The molecule has 2 amide bonds. The predicted molar refractivity (Wildman–Crippen MR) is 211 cm³/mol. The minimum Gasteiger partial charge on any atom is -0.394 e. The van der Waals surface area contributed by atoms with Gasteiger partial charge in [-0.1, -0.05) is 35.9 Å². The highest BCUT2D eigenvalue weighted by molar-refractivity contribution is 6.31. The monoisotopic (exact) mass is 846 g/mol. The van der Waals surface area contributed by atoms with Gasteiger partial charge >= 0.3 is 0 Å². The third-order valence-electron chi connectivity index (χ3n) is 9.22. The largest absolute Gasteiger partial charge is 0.394 e. The van der Waals surface area contributed by atoms with Crippen molar-refractivity contribution in [3.63, 3.8) is 0 Å². The molecule has 0 fully saturated rings. The Hall–Kier alpha value is -3.88. The summed E-state index contributed by atoms with van der Waals surface area (Å²) in [5.74, 6) is -1.93. The van der Waals surface area contributed by atoms with Crippen LogP contribution in [0.1, 0.15) is 47.3 Å². The molecule has 0 aliphatic carbocycles. The van der Waals surface area contributed by atoms with Gasteiger partial charge in [0.1, 0.15) is 36.6 Å². The summed E-state index contributed by atoms with van der Waals surface area (Å²) in [6.07, 6.45) is -11.1. The molecule has 2 aromatic rings. The summed E-state index contributed by atoms with van der Waals surface area (Å²) in [4.78, 5) is 33.5. The maximum absolute atomic E-state index is 12.3. The molecule has 1 heterocycles. The van der Waals surface area contributed by atoms with Crippen LogP contribution in [-0.4, -0.2) is 185 Å². The summed E-state index contributed by atoms with van der Waals surface area (Å²) in [6, 6.07) is 7.11. The average molecular weight is 847 g/mol. The predicted octanol–water partition coefficient (Wildman–Crippen LogP) is -5.49. The van der Waals surface area contributed by atoms with E-state index in [1.54, 1.807) is 0 Å². The summed E-state index contributed by atoms with van der Waals surface area (Å²) >= 11 is 5.80. The number of nitrogens with zero attached hydrogens (tertiary/aromatic N) is 3. The van der Waals surface area contributed by atoms with E-state index < -0.39 is 93.0 Å². The van der Waals surface area contributed by atoms with Crippen LogP contribution in [0, 0.1) is 5.41 Å². The lowest BCUT2D eigenvalue weighted by Gasteiger charge is -2.33. The number of hydrogen-bond acceptors (Lipinski definition) is 19. The molecule has 20 N–H and O–H groups in total. The van der Waals surface area contributed by atoms with Crippen molar-refractivity contribution >= 4 is 41.0 Å². The Bertz CT molecular complexity index is 1540. The van der Waals surface area contributed by atoms with E-state index in [9.17, 15) is 50.4 Å². The zero-order valence-corrected chi connectivity index (χ0v) is 32.7. The van der Waals surface area contributed by atoms with Crippen LogP contribution in [0.5, 0.6) is 0 Å². The first-order chi connectivity index (χ1) is 27.4. The molecule has 0 radical (unpaired) electrons. The van der Waals surface area contributed by atoms with Crippen LogP contribution in [0.15, 0.2) is 24.3 Å². The fraction of sp³-hybridized carbons (Fsp3) is 0.629. The normalized spacial score (nSPS) is 16.4. The van der Waals surface area contributed by atoms with Crippen molar-refractivity contribution in [2.75, 3.05) is 57.4 Å². The number of primary amides is 1. The Kier molecular flexibility index (Phi) is 22.2. The van der Waals surface area contributed by atoms with Crippen LogP contribution in [0.4, 0.5) is 11.6 Å². The number of hydrogen-bond donors (Lipinski definition) is 17. The second kappa shape index (κ2) is 25.6. The average Bonchev–Trinajstić information content (AvgIpc) is 3.19. The fourth-order valence-corrected chi connectivity index (χ4v) is 5.86. The zero-order chi connectivity index (χ0) is 43.5. The molecule has 9 atom stereocenters. The van der Waals surface area contributed by atoms with Crippen molar-refractivity contribution < 1.29 is 60.7 Å². The van der Waals surface area contributed by atoms with Gasteiger partial charge in [-0.25, -0.2) is 9.97 Å². The molecule has 0 saturated heterocycles. The number of aliphatic hydroxyl groups is 10. The van der Waals surface area contributed by atoms with Gasteiger partial charge in [-0.2, -0.15) is 0 Å². The fourth-order valence-electron chi connectivity index (χ4n) is 5.73. The molecule has 1 aromatic carbocycles. The smallest absolute Gasteiger partial charge is 0.280 e. The van der Waals surface area contributed by atoms with Gasteiger partial charge < -0.3 is 78.9 Å². The highest BCUT2D eigenvalue weighted by atomic mass is 35.5. The number of guanidine groups is 1. The van der Waals surface area contributed by atoms with Crippen molar-refractivity contribution in [2.24, 2.45) is 5.73 Å². The molecule has 0 spiro atoms. The number of halogens is 1. The zero-order valence-electron chi connectivity index (χ0n) is 31.9. The van der Waals surface area contributed by atoms with Crippen LogP contribution in [0.2, 0.25) is 5.15 Å². The maximum atomic E-state index is 12.3. The number of benzene rings is 1. The SMILES string of the molecule is N=C(NCCCCc1ccc(CCC(NCCCN(CC(O)C(O)C(O)C(O)CO)CC(O)C(O)C(O)C(O)CO)C(N)=O)cc1)NC(=O)c1nc(Cl)c(N)nc1N. The molecule has 58 heavy (non-hydrogen) atoms. The lowest BCUT2D eigenvalue weighted by atomic mass is 10.0. The van der Waals surface area contributed by atoms with Crippen molar-refractivity contribution in [3.05, 3.63) is 46.2 Å². The van der Waals surface area contributed by atoms with E-state index in [1.807, 2.05) is 24.3 Å². The first kappa shape index (κ1) is 50.3. The second-order valence-electron chi connectivity index (χ2n) is 13.8. The summed E-state index contributed by atoms with van der Waals surface area (Å²) in [5.41, 5.74) is 18.6. The van der Waals surface area contributed by atoms with Crippen molar-refractivity contribution in [2.45, 2.75) is 93.4 Å². The molecule has 328 valence electrons. The summed E-state index contributed by atoms with van der Waals surface area (Å²) in [7, 11) is 0. The van der Waals surface area contributed by atoms with Crippen LogP contribution in [-0.2, 0) is 17.6 Å². The number of amides is 2. The van der Waals surface area contributed by atoms with Crippen molar-refractivity contribution in [1.82, 2.24) is 30.8 Å². The molecule has 0 aliphatic rings. The molecule has 0 aliphatic heterocycles. The summed E-state index contributed by atoms with van der Waals surface area (Å²) in [5, 5.41) is 115. The van der Waals surface area contributed by atoms with Crippen LogP contribution >= 0.6 is 11.6 Å². The molecule has 2 rings (SSSR count). The van der Waals surface area contributed by atoms with Gasteiger partial charge in [-0.3, -0.25) is 25.2 Å². The Labute approximate surface area is 340 Å². The van der Waals surface area contributed by atoms with E-state index in [1.165, 1.54) is 4.90 Å². The van der Waals surface area contributed by atoms with E-state index in [0.29, 0.717) is 25.8 Å². The van der Waals surface area contributed by atoms with Gasteiger partial charge in [0.05, 0.1) is 31.5 Å². The third kappa shape index (κ3) is 16.8. The van der Waals surface area contributed by atoms with E-state index in [0.717, 1.165) is 24.0 Å². The number of nitrogen functional groups attached to an aromatic ring is 2. The molecular weight excluding hydrogens is 788 g/mol. The Morgan fingerprint density at radius 1 is 0.741 bits per heavy atom. The lowest BCUT2D eigenvalue weighted by Crippen LogP contribution is -2.53. The van der Waals surface area contributed by atoms with Gasteiger partial charge in [0.15, 0.2) is 28.4 Å². The molecule has 9 unspecified atom stereocenters. The Balaban J connectivity index is 1.83. The minimum atomic E-state index is -1.91. The van der Waals surface area contributed by atoms with Crippen molar-refractivity contribution in [1.29, 1.82) is 5.41 Å². The topological polar surface area (TPSA) is 403 Å². The maximum Gasteiger partial charge on any atom is 0.280 e. The number of aliphatic hydroxyl groups excluding tert-OH is 10. The Morgan fingerprint density at radius 2 is 1.26 bits per heavy atom. The Morgan fingerprint density at radius 3 is 1.78 bits per heavy atom. The molecule has 0 saturated carbocycles. The highest BCUT2D eigenvalue weighted by Crippen LogP contribution is 2.17. The number of unbranched alkanes of at least 4 members (excludes halogenated alkanes) is 1. The summed E-state index contributed by atoms with van der Waals surface area (Å²) in [6.45, 7) is -1.89. The quantitative estimate of drug-likeness (QED) is 0.0226. The van der Waals surface area contributed by atoms with Crippen molar-refractivity contribution in [3.8, 4) is 0 Å². The number of nitrogens with one attached hydrogen (secondary N) is 4. The van der Waals surface area contributed by atoms with Crippen LogP contribution in [0.25, 0.3) is 0 Å². The van der Waals surface area contributed by atoms with Gasteiger partial charge in [0, 0.05) is 19.6 Å². The minimum absolute atomic E-state index is 0.0748. The number of anilines is 2. The van der Waals surface area contributed by atoms with E-state index in [2.05, 4.69) is 25.9 Å². The number of rotatable bonds is 27. The van der Waals surface area contributed by atoms with E-state index in [-0.39, 0.29) is 48.0 Å². The molecular formula is C35H59ClN10O12. The van der Waals surface area contributed by atoms with Gasteiger partial charge in [0.25, 0.3) is 5.91 Å². The number of carbonyl (C=O) groups excluding carboxylic acids is 2. The lowest BCUT2D eigenvalue weighted by molar-refractivity contribution is -0.130. The summed E-state index contributed by atoms with van der Waals surface area (Å²) < 4.78 is 0. The molecule has 0 bridgehead atoms. The van der Waals surface area contributed by atoms with Gasteiger partial charge in [0.2, 0.25) is 5.91 Å². The van der Waals surface area contributed by atoms with Crippen LogP contribution in [0.3, 0.4) is 0 Å². The first-order valence-electron chi connectivity index (χ1n) is 18.6.